The SMILES string of the molecule is COC(=O)CCCCCNC(=O)[C@H](CC1CCCCC1)NC(=O)CNC(=O)[C@@H](C)NC(=O)[C@@H](N)Cc1c(C)cc(O)cc1C. The number of hydrogen-bond donors (Lipinski definition) is 6. The van der Waals surface area contributed by atoms with Gasteiger partial charge in [-0.15, -0.1) is 0 Å². The van der Waals surface area contributed by atoms with Gasteiger partial charge >= 0.3 is 5.97 Å². The molecule has 0 aromatic heterocycles. The van der Waals surface area contributed by atoms with Gasteiger partial charge in [-0.1, -0.05) is 38.5 Å². The third-order valence-electron chi connectivity index (χ3n) is 8.15. The highest BCUT2D eigenvalue weighted by Crippen LogP contribution is 2.27. The molecule has 12 nitrogen and oxygen atoms in total. The molecular weight excluding hydrogens is 566 g/mol. The number of carbonyl (C=O) groups is 5. The second-order valence-corrected chi connectivity index (χ2v) is 11.9. The first kappa shape index (κ1) is 36.5. The molecule has 1 saturated carbocycles. The third-order valence-corrected chi connectivity index (χ3v) is 8.15. The molecule has 1 aromatic carbocycles. The van der Waals surface area contributed by atoms with Crippen molar-refractivity contribution in [1.29, 1.82) is 0 Å². The number of aryl methyl sites for hydroxylation is 2. The van der Waals surface area contributed by atoms with E-state index in [2.05, 4.69) is 26.0 Å². The van der Waals surface area contributed by atoms with E-state index >= 15 is 0 Å². The van der Waals surface area contributed by atoms with E-state index in [9.17, 15) is 29.1 Å². The van der Waals surface area contributed by atoms with Crippen LogP contribution in [-0.2, 0) is 35.1 Å². The minimum atomic E-state index is -0.941. The first-order valence-corrected chi connectivity index (χ1v) is 15.7. The first-order valence-electron chi connectivity index (χ1n) is 15.7. The van der Waals surface area contributed by atoms with E-state index in [-0.39, 0.29) is 30.6 Å². The van der Waals surface area contributed by atoms with Gasteiger partial charge in [0.2, 0.25) is 23.6 Å². The largest absolute Gasteiger partial charge is 0.508 e. The van der Waals surface area contributed by atoms with Crippen LogP contribution < -0.4 is 27.0 Å². The Morgan fingerprint density at radius 1 is 0.932 bits per heavy atom. The summed E-state index contributed by atoms with van der Waals surface area (Å²) in [7, 11) is 1.35. The summed E-state index contributed by atoms with van der Waals surface area (Å²) >= 11 is 0. The van der Waals surface area contributed by atoms with Crippen molar-refractivity contribution in [3.05, 3.63) is 28.8 Å². The van der Waals surface area contributed by atoms with Gasteiger partial charge in [0.1, 0.15) is 17.8 Å². The number of benzene rings is 1. The second kappa shape index (κ2) is 18.9. The number of hydrogen-bond acceptors (Lipinski definition) is 8. The molecule has 12 heteroatoms. The maximum Gasteiger partial charge on any atom is 0.305 e. The molecule has 1 aliphatic carbocycles. The molecule has 3 atom stereocenters. The van der Waals surface area contributed by atoms with Crippen molar-refractivity contribution < 1.29 is 33.8 Å². The fraction of sp³-hybridized carbons (Fsp3) is 0.656. The lowest BCUT2D eigenvalue weighted by molar-refractivity contribution is -0.140. The zero-order valence-corrected chi connectivity index (χ0v) is 26.6. The van der Waals surface area contributed by atoms with E-state index in [4.69, 9.17) is 5.73 Å². The van der Waals surface area contributed by atoms with Crippen molar-refractivity contribution in [3.8, 4) is 5.75 Å². The lowest BCUT2D eigenvalue weighted by atomic mass is 9.84. The van der Waals surface area contributed by atoms with Crippen LogP contribution in [0, 0.1) is 19.8 Å². The van der Waals surface area contributed by atoms with E-state index in [1.807, 2.05) is 13.8 Å². The molecule has 2 rings (SSSR count). The monoisotopic (exact) mass is 617 g/mol. The summed E-state index contributed by atoms with van der Waals surface area (Å²) in [5, 5.41) is 20.5. The molecule has 246 valence electrons. The molecule has 44 heavy (non-hydrogen) atoms. The highest BCUT2D eigenvalue weighted by Gasteiger charge is 2.27. The van der Waals surface area contributed by atoms with Gasteiger partial charge in [-0.05, 0) is 81.2 Å². The average molecular weight is 618 g/mol. The van der Waals surface area contributed by atoms with Crippen LogP contribution in [0.25, 0.3) is 0 Å². The van der Waals surface area contributed by atoms with Crippen LogP contribution in [0.15, 0.2) is 12.1 Å². The number of rotatable bonds is 17. The Hall–Kier alpha value is -3.67. The van der Waals surface area contributed by atoms with Crippen molar-refractivity contribution in [2.75, 3.05) is 20.2 Å². The molecule has 0 radical (unpaired) electrons. The van der Waals surface area contributed by atoms with E-state index < -0.39 is 35.8 Å². The molecule has 0 spiro atoms. The number of aromatic hydroxyl groups is 1. The van der Waals surface area contributed by atoms with Crippen LogP contribution in [0.3, 0.4) is 0 Å². The summed E-state index contributed by atoms with van der Waals surface area (Å²) in [4.78, 5) is 62.4. The number of esters is 1. The van der Waals surface area contributed by atoms with E-state index in [0.717, 1.165) is 48.8 Å². The Kier molecular flexibility index (Phi) is 15.7. The number of amides is 4. The van der Waals surface area contributed by atoms with Crippen molar-refractivity contribution >= 4 is 29.6 Å². The van der Waals surface area contributed by atoms with Crippen LogP contribution in [0.1, 0.15) is 87.8 Å². The topological polar surface area (TPSA) is 189 Å². The fourth-order valence-electron chi connectivity index (χ4n) is 5.55. The Bertz CT molecular complexity index is 1110. The molecule has 1 aliphatic rings. The van der Waals surface area contributed by atoms with Gasteiger partial charge in [0.25, 0.3) is 0 Å². The average Bonchev–Trinajstić information content (AvgIpc) is 2.99. The number of phenolic OH excluding ortho intramolecular Hbond substituents is 1. The summed E-state index contributed by atoms with van der Waals surface area (Å²) in [5.74, 6) is -1.62. The minimum Gasteiger partial charge on any atom is -0.508 e. The normalized spacial score (nSPS) is 15.4. The fourth-order valence-corrected chi connectivity index (χ4v) is 5.55. The minimum absolute atomic E-state index is 0.140. The van der Waals surface area contributed by atoms with Gasteiger partial charge in [0.15, 0.2) is 0 Å². The van der Waals surface area contributed by atoms with Crippen molar-refractivity contribution in [2.45, 2.75) is 110 Å². The standard InChI is InChI=1S/C32H51N5O7/c1-20-15-24(38)16-21(2)25(20)18-26(33)31(42)36-22(3)30(41)35-19-28(39)37-27(17-23-11-7-5-8-12-23)32(43)34-14-10-6-9-13-29(40)44-4/h15-16,22-23,26-27,38H,5-14,17-19,33H2,1-4H3,(H,34,43)(H,35,41)(H,36,42)(H,37,39)/t22-,26+,27+/m1/s1. The lowest BCUT2D eigenvalue weighted by Crippen LogP contribution is -2.53. The molecule has 0 unspecified atom stereocenters. The molecule has 0 bridgehead atoms. The van der Waals surface area contributed by atoms with Crippen molar-refractivity contribution in [3.63, 3.8) is 0 Å². The maximum atomic E-state index is 13.0. The maximum absolute atomic E-state index is 13.0. The van der Waals surface area contributed by atoms with Gasteiger partial charge in [-0.25, -0.2) is 0 Å². The summed E-state index contributed by atoms with van der Waals surface area (Å²) in [6, 6.07) is 0.631. The smallest absolute Gasteiger partial charge is 0.305 e. The number of nitrogens with one attached hydrogen (secondary N) is 4. The summed E-state index contributed by atoms with van der Waals surface area (Å²) in [6.07, 6.45) is 8.63. The van der Waals surface area contributed by atoms with E-state index in [1.165, 1.54) is 20.5 Å². The van der Waals surface area contributed by atoms with Crippen molar-refractivity contribution in [1.82, 2.24) is 21.3 Å². The number of carbonyl (C=O) groups excluding carboxylic acids is 5. The Morgan fingerprint density at radius 2 is 1.59 bits per heavy atom. The molecular formula is C32H51N5O7. The molecule has 1 fully saturated rings. The summed E-state index contributed by atoms with van der Waals surface area (Å²) in [5.41, 5.74) is 8.58. The van der Waals surface area contributed by atoms with Gasteiger partial charge in [0.05, 0.1) is 19.7 Å². The van der Waals surface area contributed by atoms with Crippen LogP contribution in [-0.4, -0.2) is 73.0 Å². The van der Waals surface area contributed by atoms with Gasteiger partial charge in [-0.2, -0.15) is 0 Å². The highest BCUT2D eigenvalue weighted by molar-refractivity contribution is 5.93. The third kappa shape index (κ3) is 12.9. The summed E-state index contributed by atoms with van der Waals surface area (Å²) < 4.78 is 4.63. The number of methoxy groups -OCH3 is 1. The Labute approximate surface area is 260 Å². The van der Waals surface area contributed by atoms with Crippen LogP contribution in [0.4, 0.5) is 0 Å². The highest BCUT2D eigenvalue weighted by atomic mass is 16.5. The van der Waals surface area contributed by atoms with Gasteiger partial charge in [0, 0.05) is 13.0 Å². The number of unbranched alkanes of at least 4 members (excludes halogenated alkanes) is 2. The van der Waals surface area contributed by atoms with Gasteiger partial charge < -0.3 is 36.8 Å². The Morgan fingerprint density at radius 3 is 2.23 bits per heavy atom. The van der Waals surface area contributed by atoms with E-state index in [1.54, 1.807) is 12.1 Å². The lowest BCUT2D eigenvalue weighted by Gasteiger charge is -2.27. The van der Waals surface area contributed by atoms with Crippen LogP contribution in [0.5, 0.6) is 5.75 Å². The zero-order valence-electron chi connectivity index (χ0n) is 26.6. The quantitative estimate of drug-likeness (QED) is 0.113. The van der Waals surface area contributed by atoms with E-state index in [0.29, 0.717) is 38.1 Å². The number of nitrogens with two attached hydrogens (primary N) is 1. The summed E-state index contributed by atoms with van der Waals surface area (Å²) in [6.45, 7) is 5.23. The molecule has 7 N–H and O–H groups in total. The molecule has 0 saturated heterocycles. The number of phenols is 1. The Balaban J connectivity index is 1.83. The second-order valence-electron chi connectivity index (χ2n) is 11.9. The molecule has 0 aliphatic heterocycles. The van der Waals surface area contributed by atoms with Crippen molar-refractivity contribution in [2.24, 2.45) is 11.7 Å². The van der Waals surface area contributed by atoms with Crippen LogP contribution >= 0.6 is 0 Å². The van der Waals surface area contributed by atoms with Crippen LogP contribution in [0.2, 0.25) is 0 Å². The predicted octanol–water partition coefficient (Wildman–Crippen LogP) is 1.80. The van der Waals surface area contributed by atoms with Gasteiger partial charge in [-0.3, -0.25) is 24.0 Å². The first-order chi connectivity index (χ1) is 20.9. The molecule has 4 amide bonds. The zero-order chi connectivity index (χ0) is 32.6. The molecule has 1 aromatic rings. The predicted molar refractivity (Wildman–Crippen MR) is 166 cm³/mol. The number of ether oxygens (including phenoxy) is 1. The molecule has 0 heterocycles.